The molecular weight excluding hydrogens is 767 g/mol. The van der Waals surface area contributed by atoms with Crippen molar-refractivity contribution in [3.8, 4) is 0 Å². The first-order valence-electron chi connectivity index (χ1n) is 19.9. The zero-order valence-electron chi connectivity index (χ0n) is 32.9. The minimum atomic E-state index is -2.88. The molecule has 0 aliphatic carbocycles. The average molecular weight is 815 g/mol. The minimum absolute atomic E-state index is 0.0310. The fourth-order valence-corrected chi connectivity index (χ4v) is 9.90. The summed E-state index contributed by atoms with van der Waals surface area (Å²) < 4.78 is 45.2. The molecule has 2 unspecified atom stereocenters. The summed E-state index contributed by atoms with van der Waals surface area (Å²) in [6.07, 6.45) is 3.26. The van der Waals surface area contributed by atoms with Gasteiger partial charge in [-0.2, -0.15) is 10.1 Å². The summed E-state index contributed by atoms with van der Waals surface area (Å²) in [7, 11) is 2.01. The molecule has 5 aromatic rings. The van der Waals surface area contributed by atoms with Gasteiger partial charge >= 0.3 is 6.03 Å². The van der Waals surface area contributed by atoms with Gasteiger partial charge in [0.05, 0.1) is 16.0 Å². The molecular formula is C41H48F2N10O4S. The standard InChI is InChI=1S/C41H48F2N10O4S/c1-25(24-51-14-9-27(10-15-51)28-7-8-32-34(22-28)50(3)48-38(32)53-18-13-35(54)46-41(53)56)19-26-5-4-6-31(20-26)58(57)52-16-11-30(12-17-52)45-40-44-23-29-21-33(36(42)43)39(55)49(2)37(29)47-40/h4-8,20-23,25,27,30,36H,9-19,24H2,1-3H3,(H,44,45,47)(H,46,54,56). The fourth-order valence-electron chi connectivity index (χ4n) is 8.61. The van der Waals surface area contributed by atoms with Crippen molar-refractivity contribution in [2.75, 3.05) is 49.5 Å². The van der Waals surface area contributed by atoms with Gasteiger partial charge in [0.25, 0.3) is 12.0 Å². The maximum atomic E-state index is 13.7. The molecule has 0 bridgehead atoms. The Morgan fingerprint density at radius 2 is 1.74 bits per heavy atom. The number of hydrogen-bond acceptors (Lipinski definition) is 9. The molecule has 0 spiro atoms. The Morgan fingerprint density at radius 1 is 0.966 bits per heavy atom. The van der Waals surface area contributed by atoms with Crippen molar-refractivity contribution in [2.45, 2.75) is 68.7 Å². The quantitative estimate of drug-likeness (QED) is 0.182. The number of likely N-dealkylation sites (tertiary alicyclic amines) is 1. The molecule has 3 fully saturated rings. The topological polar surface area (TPSA) is 151 Å². The molecule has 14 nitrogen and oxygen atoms in total. The number of amides is 3. The molecule has 6 heterocycles. The molecule has 2 atom stereocenters. The first-order chi connectivity index (χ1) is 27.9. The third-order valence-corrected chi connectivity index (χ3v) is 13.2. The summed E-state index contributed by atoms with van der Waals surface area (Å²) in [6.45, 7) is 6.82. The highest BCUT2D eigenvalue weighted by Crippen LogP contribution is 2.34. The normalized spacial score (nSPS) is 19.0. The van der Waals surface area contributed by atoms with Gasteiger partial charge in [-0.1, -0.05) is 25.1 Å². The molecule has 8 rings (SSSR count). The Hall–Kier alpha value is -5.13. The lowest BCUT2D eigenvalue weighted by Gasteiger charge is -2.34. The van der Waals surface area contributed by atoms with Crippen LogP contribution in [0.1, 0.15) is 68.1 Å². The number of carbonyl (C=O) groups is 2. The summed E-state index contributed by atoms with van der Waals surface area (Å²) >= 11 is 0. The van der Waals surface area contributed by atoms with Crippen molar-refractivity contribution in [1.82, 2.24) is 38.8 Å². The van der Waals surface area contributed by atoms with E-state index >= 15 is 0 Å². The van der Waals surface area contributed by atoms with E-state index in [-0.39, 0.29) is 24.0 Å². The summed E-state index contributed by atoms with van der Waals surface area (Å²) in [5.74, 6) is 1.49. The van der Waals surface area contributed by atoms with Gasteiger partial charge < -0.3 is 10.2 Å². The first-order valence-corrected chi connectivity index (χ1v) is 21.0. The summed E-state index contributed by atoms with van der Waals surface area (Å²) in [5, 5.41) is 11.6. The van der Waals surface area contributed by atoms with Crippen LogP contribution in [0.5, 0.6) is 0 Å². The average Bonchev–Trinajstić information content (AvgIpc) is 3.54. The van der Waals surface area contributed by atoms with E-state index in [0.29, 0.717) is 61.5 Å². The number of imide groups is 1. The monoisotopic (exact) mass is 814 g/mol. The van der Waals surface area contributed by atoms with E-state index in [1.165, 1.54) is 24.4 Å². The van der Waals surface area contributed by atoms with Crippen LogP contribution in [0.15, 0.2) is 64.4 Å². The van der Waals surface area contributed by atoms with Gasteiger partial charge in [0.1, 0.15) is 16.6 Å². The number of aromatic nitrogens is 5. The van der Waals surface area contributed by atoms with Crippen LogP contribution in [0.3, 0.4) is 0 Å². The van der Waals surface area contributed by atoms with Crippen molar-refractivity contribution in [2.24, 2.45) is 20.0 Å². The minimum Gasteiger partial charge on any atom is -0.351 e. The molecule has 58 heavy (non-hydrogen) atoms. The molecule has 0 saturated carbocycles. The van der Waals surface area contributed by atoms with Crippen molar-refractivity contribution in [3.05, 3.63) is 81.8 Å². The van der Waals surface area contributed by atoms with E-state index in [9.17, 15) is 27.4 Å². The highest BCUT2D eigenvalue weighted by atomic mass is 32.2. The number of carbonyl (C=O) groups excluding carboxylic acids is 2. The zero-order chi connectivity index (χ0) is 40.7. The second kappa shape index (κ2) is 16.6. The first kappa shape index (κ1) is 39.7. The lowest BCUT2D eigenvalue weighted by atomic mass is 9.88. The molecule has 0 radical (unpaired) electrons. The maximum absolute atomic E-state index is 13.7. The van der Waals surface area contributed by atoms with Gasteiger partial charge in [-0.25, -0.2) is 27.1 Å². The van der Waals surface area contributed by atoms with Gasteiger partial charge in [-0.3, -0.25) is 29.1 Å². The smallest absolute Gasteiger partial charge is 0.329 e. The molecule has 3 aliphatic rings. The van der Waals surface area contributed by atoms with Crippen LogP contribution in [-0.2, 0) is 36.3 Å². The Labute approximate surface area is 337 Å². The number of fused-ring (bicyclic) bond motifs is 2. The molecule has 3 aromatic heterocycles. The van der Waals surface area contributed by atoms with Crippen LogP contribution in [0.2, 0.25) is 0 Å². The van der Waals surface area contributed by atoms with E-state index in [2.05, 4.69) is 67.9 Å². The molecule has 17 heteroatoms. The number of nitrogens with zero attached hydrogens (tertiary/aromatic N) is 8. The van der Waals surface area contributed by atoms with Crippen LogP contribution in [0.4, 0.5) is 25.3 Å². The number of pyridine rings is 1. The van der Waals surface area contributed by atoms with Gasteiger partial charge in [0.15, 0.2) is 5.82 Å². The second-order valence-electron chi connectivity index (χ2n) is 15.8. The number of rotatable bonds is 11. The SMILES string of the molecule is CC(Cc1cccc(S(=O)N2CCC(Nc3ncc4cc(C(F)F)c(=O)n(C)c4n3)CC2)c1)CN1CCC(c2ccc3c(N4CCC(=O)NC4=O)nn(C)c3c2)CC1. The third kappa shape index (κ3) is 8.25. The Balaban J connectivity index is 0.811. The van der Waals surface area contributed by atoms with E-state index < -0.39 is 34.6 Å². The number of anilines is 2. The lowest BCUT2D eigenvalue weighted by molar-refractivity contribution is -0.120. The largest absolute Gasteiger partial charge is 0.351 e. The van der Waals surface area contributed by atoms with Crippen molar-refractivity contribution < 1.29 is 22.6 Å². The van der Waals surface area contributed by atoms with Gasteiger partial charge in [0.2, 0.25) is 11.9 Å². The third-order valence-electron chi connectivity index (χ3n) is 11.7. The summed E-state index contributed by atoms with van der Waals surface area (Å²) in [5.41, 5.74) is 2.35. The van der Waals surface area contributed by atoms with Crippen LogP contribution in [-0.4, -0.2) is 95.0 Å². The Morgan fingerprint density at radius 3 is 2.48 bits per heavy atom. The second-order valence-corrected chi connectivity index (χ2v) is 17.3. The molecule has 3 saturated heterocycles. The predicted molar refractivity (Wildman–Crippen MR) is 218 cm³/mol. The van der Waals surface area contributed by atoms with Crippen LogP contribution in [0, 0.1) is 5.92 Å². The predicted octanol–water partition coefficient (Wildman–Crippen LogP) is 5.26. The van der Waals surface area contributed by atoms with Crippen LogP contribution < -0.4 is 21.1 Å². The molecule has 3 amide bonds. The molecule has 3 aliphatic heterocycles. The van der Waals surface area contributed by atoms with Gasteiger partial charge in [-0.05, 0) is 98.5 Å². The number of urea groups is 1. The maximum Gasteiger partial charge on any atom is 0.329 e. The number of alkyl halides is 2. The number of piperidine rings is 2. The number of aryl methyl sites for hydroxylation is 2. The summed E-state index contributed by atoms with van der Waals surface area (Å²) in [4.78, 5) is 50.2. The number of benzene rings is 2. The number of hydrogen-bond donors (Lipinski definition) is 2. The van der Waals surface area contributed by atoms with E-state index in [0.717, 1.165) is 65.3 Å². The van der Waals surface area contributed by atoms with Crippen LogP contribution in [0.25, 0.3) is 21.9 Å². The van der Waals surface area contributed by atoms with E-state index in [4.69, 9.17) is 0 Å². The van der Waals surface area contributed by atoms with Crippen molar-refractivity contribution >= 4 is 56.6 Å². The molecule has 2 N–H and O–H groups in total. The highest BCUT2D eigenvalue weighted by molar-refractivity contribution is 7.82. The van der Waals surface area contributed by atoms with Crippen LogP contribution >= 0.6 is 0 Å². The lowest BCUT2D eigenvalue weighted by Crippen LogP contribution is -2.49. The Kier molecular flexibility index (Phi) is 11.4. The molecule has 2 aromatic carbocycles. The number of nitrogens with one attached hydrogen (secondary N) is 2. The van der Waals surface area contributed by atoms with Crippen molar-refractivity contribution in [3.63, 3.8) is 0 Å². The van der Waals surface area contributed by atoms with Crippen molar-refractivity contribution in [1.29, 1.82) is 0 Å². The number of halogens is 2. The Bertz CT molecular complexity index is 2440. The van der Waals surface area contributed by atoms with Gasteiger partial charge in [-0.15, -0.1) is 0 Å². The van der Waals surface area contributed by atoms with E-state index in [1.807, 2.05) is 28.2 Å². The molecule has 306 valence electrons. The zero-order valence-corrected chi connectivity index (χ0v) is 33.7. The fraction of sp³-hybridized carbons (Fsp3) is 0.463. The van der Waals surface area contributed by atoms with Gasteiger partial charge in [0, 0.05) is 69.7 Å². The highest BCUT2D eigenvalue weighted by Gasteiger charge is 2.30. The van der Waals surface area contributed by atoms with E-state index in [1.54, 1.807) is 4.90 Å². The summed E-state index contributed by atoms with van der Waals surface area (Å²) in [6, 6.07) is 15.3.